The first-order chi connectivity index (χ1) is 11.6. The summed E-state index contributed by atoms with van der Waals surface area (Å²) in [6.45, 7) is 7.97. The Balaban J connectivity index is 1.56. The summed E-state index contributed by atoms with van der Waals surface area (Å²) in [6, 6.07) is 7.58. The highest BCUT2D eigenvalue weighted by Gasteiger charge is 2.31. The third-order valence-corrected chi connectivity index (χ3v) is 4.12. The maximum Gasteiger partial charge on any atom is 0.162 e. The molecular formula is C18H25N3O3. The number of aromatic nitrogens is 3. The lowest BCUT2D eigenvalue weighted by atomic mass is 9.88. The lowest BCUT2D eigenvalue weighted by Gasteiger charge is -2.34. The summed E-state index contributed by atoms with van der Waals surface area (Å²) in [4.78, 5) is 4.59. The predicted octanol–water partition coefficient (Wildman–Crippen LogP) is 3.46. The van der Waals surface area contributed by atoms with E-state index < -0.39 is 0 Å². The normalized spacial score (nSPS) is 19.9. The van der Waals surface area contributed by atoms with Gasteiger partial charge < -0.3 is 14.2 Å². The number of rotatable bonds is 6. The Morgan fingerprint density at radius 2 is 1.92 bits per heavy atom. The van der Waals surface area contributed by atoms with Crippen LogP contribution >= 0.6 is 0 Å². The molecule has 3 rings (SSSR count). The van der Waals surface area contributed by atoms with Gasteiger partial charge in [-0.05, 0) is 57.9 Å². The molecular weight excluding hydrogens is 306 g/mol. The molecule has 6 heteroatoms. The molecule has 1 aromatic heterocycles. The summed E-state index contributed by atoms with van der Waals surface area (Å²) in [6.07, 6.45) is 1.89. The number of aromatic amines is 1. The highest BCUT2D eigenvalue weighted by atomic mass is 16.5. The van der Waals surface area contributed by atoms with E-state index in [9.17, 15) is 0 Å². The first-order valence-corrected chi connectivity index (χ1v) is 8.46. The maximum absolute atomic E-state index is 5.76. The van der Waals surface area contributed by atoms with E-state index in [1.165, 1.54) is 0 Å². The van der Waals surface area contributed by atoms with Crippen molar-refractivity contribution in [3.8, 4) is 11.5 Å². The molecule has 1 atom stereocenters. The lowest BCUT2D eigenvalue weighted by molar-refractivity contribution is -0.0602. The third kappa shape index (κ3) is 4.26. The molecule has 24 heavy (non-hydrogen) atoms. The van der Waals surface area contributed by atoms with Gasteiger partial charge in [0.15, 0.2) is 11.6 Å². The van der Waals surface area contributed by atoms with E-state index in [1.54, 1.807) is 0 Å². The number of benzene rings is 1. The monoisotopic (exact) mass is 331 g/mol. The molecule has 130 valence electrons. The molecule has 0 aliphatic carbocycles. The maximum atomic E-state index is 5.76. The van der Waals surface area contributed by atoms with E-state index in [2.05, 4.69) is 29.0 Å². The molecule has 0 amide bonds. The first kappa shape index (κ1) is 16.8. The number of hydrogen-bond donors (Lipinski definition) is 1. The first-order valence-electron chi connectivity index (χ1n) is 8.46. The van der Waals surface area contributed by atoms with E-state index in [1.807, 2.05) is 31.2 Å². The van der Waals surface area contributed by atoms with Crippen LogP contribution in [0.3, 0.4) is 0 Å². The second-order valence-corrected chi connectivity index (χ2v) is 6.63. The van der Waals surface area contributed by atoms with Crippen molar-refractivity contribution in [2.24, 2.45) is 0 Å². The zero-order chi connectivity index (χ0) is 17.0. The van der Waals surface area contributed by atoms with E-state index in [0.717, 1.165) is 42.6 Å². The zero-order valence-corrected chi connectivity index (χ0v) is 14.5. The largest absolute Gasteiger partial charge is 0.494 e. The lowest BCUT2D eigenvalue weighted by Crippen LogP contribution is -2.33. The van der Waals surface area contributed by atoms with Crippen molar-refractivity contribution in [2.45, 2.75) is 51.7 Å². The van der Waals surface area contributed by atoms with Gasteiger partial charge in [0.2, 0.25) is 0 Å². The van der Waals surface area contributed by atoms with Gasteiger partial charge in [-0.15, -0.1) is 0 Å². The highest BCUT2D eigenvalue weighted by Crippen LogP contribution is 2.33. The smallest absolute Gasteiger partial charge is 0.162 e. The molecule has 1 saturated heterocycles. The van der Waals surface area contributed by atoms with Crippen LogP contribution in [0.2, 0.25) is 0 Å². The zero-order valence-electron chi connectivity index (χ0n) is 14.5. The van der Waals surface area contributed by atoms with Crippen molar-refractivity contribution in [3.05, 3.63) is 35.9 Å². The quantitative estimate of drug-likeness (QED) is 0.878. The van der Waals surface area contributed by atoms with Crippen LogP contribution in [0.15, 0.2) is 24.3 Å². The molecule has 1 fully saturated rings. The Bertz CT molecular complexity index is 652. The van der Waals surface area contributed by atoms with Gasteiger partial charge in [-0.3, -0.25) is 5.10 Å². The van der Waals surface area contributed by atoms with Gasteiger partial charge in [-0.25, -0.2) is 4.98 Å². The Morgan fingerprint density at radius 3 is 2.58 bits per heavy atom. The Kier molecular flexibility index (Phi) is 5.04. The molecule has 1 aliphatic rings. The minimum Gasteiger partial charge on any atom is -0.494 e. The molecule has 0 spiro atoms. The minimum atomic E-state index is -0.109. The molecule has 1 N–H and O–H groups in total. The van der Waals surface area contributed by atoms with Crippen LogP contribution in [0.1, 0.15) is 51.2 Å². The van der Waals surface area contributed by atoms with Crippen LogP contribution in [-0.2, 0) is 11.3 Å². The van der Waals surface area contributed by atoms with Gasteiger partial charge in [-0.2, -0.15) is 5.10 Å². The minimum absolute atomic E-state index is 0.109. The average Bonchev–Trinajstić information content (AvgIpc) is 3.03. The molecule has 6 nitrogen and oxygen atoms in total. The van der Waals surface area contributed by atoms with Gasteiger partial charge >= 0.3 is 0 Å². The Morgan fingerprint density at radius 1 is 1.21 bits per heavy atom. The van der Waals surface area contributed by atoms with E-state index in [4.69, 9.17) is 14.2 Å². The Labute approximate surface area is 142 Å². The number of hydrogen-bond acceptors (Lipinski definition) is 5. The van der Waals surface area contributed by atoms with E-state index in [-0.39, 0.29) is 5.60 Å². The van der Waals surface area contributed by atoms with Gasteiger partial charge in [0, 0.05) is 12.5 Å². The van der Waals surface area contributed by atoms with Crippen molar-refractivity contribution in [2.75, 3.05) is 13.2 Å². The van der Waals surface area contributed by atoms with Crippen LogP contribution < -0.4 is 9.47 Å². The fraction of sp³-hybridized carbons (Fsp3) is 0.556. The summed E-state index contributed by atoms with van der Waals surface area (Å²) >= 11 is 0. The van der Waals surface area contributed by atoms with Gasteiger partial charge in [0.1, 0.15) is 18.1 Å². The van der Waals surface area contributed by atoms with Crippen LogP contribution in [0.4, 0.5) is 0 Å². The van der Waals surface area contributed by atoms with Crippen LogP contribution in [0.5, 0.6) is 11.5 Å². The Hall–Kier alpha value is -2.08. The van der Waals surface area contributed by atoms with Crippen molar-refractivity contribution in [1.82, 2.24) is 15.2 Å². The van der Waals surface area contributed by atoms with Crippen molar-refractivity contribution >= 4 is 0 Å². The highest BCUT2D eigenvalue weighted by molar-refractivity contribution is 5.31. The standard InChI is InChI=1S/C18H25N3O3/c1-4-22-14-5-7-15(8-6-14)23-12-16-19-17(21-20-16)13-9-10-24-18(2,3)11-13/h5-8,13H,4,9-12H2,1-3H3,(H,19,20,21). The molecule has 2 heterocycles. The average molecular weight is 331 g/mol. The van der Waals surface area contributed by atoms with Gasteiger partial charge in [-0.1, -0.05) is 0 Å². The number of nitrogens with zero attached hydrogens (tertiary/aromatic N) is 2. The number of ether oxygens (including phenoxy) is 3. The van der Waals surface area contributed by atoms with Gasteiger partial charge in [0.25, 0.3) is 0 Å². The summed E-state index contributed by atoms with van der Waals surface area (Å²) in [5.74, 6) is 3.56. The second kappa shape index (κ2) is 7.21. The van der Waals surface area contributed by atoms with Crippen LogP contribution in [0.25, 0.3) is 0 Å². The van der Waals surface area contributed by atoms with E-state index in [0.29, 0.717) is 19.1 Å². The fourth-order valence-corrected chi connectivity index (χ4v) is 2.96. The number of H-pyrrole nitrogens is 1. The molecule has 0 radical (unpaired) electrons. The summed E-state index contributed by atoms with van der Waals surface area (Å²) in [5.41, 5.74) is -0.109. The number of nitrogens with one attached hydrogen (secondary N) is 1. The van der Waals surface area contributed by atoms with Crippen LogP contribution in [0, 0.1) is 0 Å². The second-order valence-electron chi connectivity index (χ2n) is 6.63. The van der Waals surface area contributed by atoms with Crippen LogP contribution in [-0.4, -0.2) is 34.0 Å². The molecule has 1 unspecified atom stereocenters. The van der Waals surface area contributed by atoms with Gasteiger partial charge in [0.05, 0.1) is 12.2 Å². The summed E-state index contributed by atoms with van der Waals surface area (Å²) < 4.78 is 16.9. The molecule has 1 aromatic carbocycles. The molecule has 1 aliphatic heterocycles. The van der Waals surface area contributed by atoms with E-state index >= 15 is 0 Å². The third-order valence-electron chi connectivity index (χ3n) is 4.12. The van der Waals surface area contributed by atoms with Crippen molar-refractivity contribution in [1.29, 1.82) is 0 Å². The summed E-state index contributed by atoms with van der Waals surface area (Å²) in [7, 11) is 0. The molecule has 0 saturated carbocycles. The van der Waals surface area contributed by atoms with Crippen molar-refractivity contribution in [3.63, 3.8) is 0 Å². The SMILES string of the molecule is CCOc1ccc(OCc2nc(C3CCOC(C)(C)C3)n[nH]2)cc1. The molecule has 2 aromatic rings. The topological polar surface area (TPSA) is 69.3 Å². The van der Waals surface area contributed by atoms with Crippen molar-refractivity contribution < 1.29 is 14.2 Å². The fourth-order valence-electron chi connectivity index (χ4n) is 2.96. The summed E-state index contributed by atoms with van der Waals surface area (Å²) in [5, 5.41) is 7.35. The molecule has 0 bridgehead atoms. The predicted molar refractivity (Wildman–Crippen MR) is 90.3 cm³/mol.